The number of aliphatic hydroxyl groups is 1. The summed E-state index contributed by atoms with van der Waals surface area (Å²) >= 11 is 5.75. The lowest BCUT2D eigenvalue weighted by Gasteiger charge is -2.31. The number of hydrogen-bond acceptors (Lipinski definition) is 3. The molecule has 1 aromatic rings. The van der Waals surface area contributed by atoms with Gasteiger partial charge in [0.15, 0.2) is 0 Å². The van der Waals surface area contributed by atoms with Crippen molar-refractivity contribution in [2.45, 2.75) is 12.8 Å². The number of aliphatic hydroxyl groups excluding tert-OH is 1. The number of nitrogens with zero attached hydrogens (tertiary/aromatic N) is 1. The van der Waals surface area contributed by atoms with Crippen molar-refractivity contribution in [2.75, 3.05) is 24.4 Å². The number of anilines is 1. The molecule has 2 N–H and O–H groups in total. The van der Waals surface area contributed by atoms with Gasteiger partial charge in [-0.3, -0.25) is 4.72 Å². The summed E-state index contributed by atoms with van der Waals surface area (Å²) < 4.78 is 28.3. The third-order valence-electron chi connectivity index (χ3n) is 3.17. The molecule has 5 nitrogen and oxygen atoms in total. The fourth-order valence-corrected chi connectivity index (χ4v) is 3.59. The van der Waals surface area contributed by atoms with E-state index in [1.165, 1.54) is 4.31 Å². The van der Waals surface area contributed by atoms with Gasteiger partial charge in [-0.1, -0.05) is 11.6 Å². The minimum absolute atomic E-state index is 0.0208. The van der Waals surface area contributed by atoms with E-state index in [4.69, 9.17) is 16.7 Å². The first-order chi connectivity index (χ1) is 9.01. The highest BCUT2D eigenvalue weighted by Crippen LogP contribution is 2.21. The third-order valence-corrected chi connectivity index (χ3v) is 4.93. The molecule has 1 heterocycles. The summed E-state index contributed by atoms with van der Waals surface area (Å²) in [5.74, 6) is 0.0237. The van der Waals surface area contributed by atoms with Gasteiger partial charge in [-0.25, -0.2) is 0 Å². The van der Waals surface area contributed by atoms with Crippen molar-refractivity contribution in [3.63, 3.8) is 0 Å². The van der Waals surface area contributed by atoms with Crippen LogP contribution in [0.5, 0.6) is 0 Å². The zero-order chi connectivity index (χ0) is 13.9. The Labute approximate surface area is 118 Å². The number of hydrogen-bond donors (Lipinski definition) is 2. The summed E-state index contributed by atoms with van der Waals surface area (Å²) in [4.78, 5) is 0. The normalized spacial score (nSPS) is 21.3. The minimum atomic E-state index is -3.56. The summed E-state index contributed by atoms with van der Waals surface area (Å²) in [5, 5.41) is 9.69. The molecule has 1 saturated heterocycles. The van der Waals surface area contributed by atoms with Crippen molar-refractivity contribution in [1.29, 1.82) is 0 Å². The van der Waals surface area contributed by atoms with E-state index in [1.807, 2.05) is 0 Å². The van der Waals surface area contributed by atoms with E-state index in [0.717, 1.165) is 12.8 Å². The fraction of sp³-hybridized carbons (Fsp3) is 0.500. The van der Waals surface area contributed by atoms with Gasteiger partial charge in [0, 0.05) is 30.4 Å². The Morgan fingerprint density at radius 1 is 1.37 bits per heavy atom. The second kappa shape index (κ2) is 6.09. The van der Waals surface area contributed by atoms with Gasteiger partial charge in [0.25, 0.3) is 0 Å². The van der Waals surface area contributed by atoms with Gasteiger partial charge in [0.1, 0.15) is 0 Å². The average Bonchev–Trinajstić information content (AvgIpc) is 2.41. The van der Waals surface area contributed by atoms with Crippen LogP contribution in [0.3, 0.4) is 0 Å². The van der Waals surface area contributed by atoms with Gasteiger partial charge in [-0.15, -0.1) is 0 Å². The van der Waals surface area contributed by atoms with Crippen LogP contribution in [0.15, 0.2) is 24.3 Å². The lowest BCUT2D eigenvalue weighted by molar-refractivity contribution is 0.166. The molecule has 0 bridgehead atoms. The minimum Gasteiger partial charge on any atom is -0.396 e. The number of rotatable bonds is 4. The van der Waals surface area contributed by atoms with Crippen LogP contribution in [0.1, 0.15) is 12.8 Å². The second-order valence-electron chi connectivity index (χ2n) is 4.66. The zero-order valence-electron chi connectivity index (χ0n) is 10.4. The van der Waals surface area contributed by atoms with Crippen molar-refractivity contribution in [1.82, 2.24) is 4.31 Å². The summed E-state index contributed by atoms with van der Waals surface area (Å²) in [7, 11) is -3.56. The van der Waals surface area contributed by atoms with Crippen LogP contribution in [0, 0.1) is 5.92 Å². The van der Waals surface area contributed by atoms with E-state index < -0.39 is 10.2 Å². The number of benzene rings is 1. The number of nitrogens with one attached hydrogen (secondary N) is 1. The van der Waals surface area contributed by atoms with Crippen LogP contribution < -0.4 is 4.72 Å². The summed E-state index contributed by atoms with van der Waals surface area (Å²) in [6, 6.07) is 6.50. The van der Waals surface area contributed by atoms with Crippen molar-refractivity contribution >= 4 is 27.5 Å². The van der Waals surface area contributed by atoms with E-state index >= 15 is 0 Å². The van der Waals surface area contributed by atoms with Crippen LogP contribution in [0.2, 0.25) is 5.02 Å². The lowest BCUT2D eigenvalue weighted by atomic mass is 10.0. The Morgan fingerprint density at radius 3 is 2.68 bits per heavy atom. The first kappa shape index (κ1) is 14.6. The van der Waals surface area contributed by atoms with Gasteiger partial charge >= 0.3 is 10.2 Å². The van der Waals surface area contributed by atoms with E-state index in [0.29, 0.717) is 23.8 Å². The fourth-order valence-electron chi connectivity index (χ4n) is 2.13. The monoisotopic (exact) mass is 304 g/mol. The number of halogens is 1. The Hall–Kier alpha value is -0.820. The molecule has 1 fully saturated rings. The molecule has 0 radical (unpaired) electrons. The molecule has 0 saturated carbocycles. The first-order valence-corrected chi connectivity index (χ1v) is 7.97. The molecule has 0 amide bonds. The predicted octanol–water partition coefficient (Wildman–Crippen LogP) is 1.70. The highest BCUT2D eigenvalue weighted by Gasteiger charge is 2.28. The molecule has 0 aliphatic carbocycles. The van der Waals surface area contributed by atoms with Gasteiger partial charge in [-0.05, 0) is 43.0 Å². The molecule has 7 heteroatoms. The zero-order valence-corrected chi connectivity index (χ0v) is 12.0. The van der Waals surface area contributed by atoms with Gasteiger partial charge in [0.05, 0.1) is 0 Å². The largest absolute Gasteiger partial charge is 0.396 e. The standard InChI is InChI=1S/C12H17ClN2O3S/c13-11-3-5-12(6-4-11)14-19(17,18)15-7-1-2-10(8-15)9-16/h3-6,10,14,16H,1-2,7-9H2. The topological polar surface area (TPSA) is 69.6 Å². The summed E-state index contributed by atoms with van der Waals surface area (Å²) in [5.41, 5.74) is 0.482. The van der Waals surface area contributed by atoms with Crippen molar-refractivity contribution in [2.24, 2.45) is 5.92 Å². The number of piperidine rings is 1. The van der Waals surface area contributed by atoms with Crippen molar-refractivity contribution in [3.8, 4) is 0 Å². The molecule has 19 heavy (non-hydrogen) atoms. The molecule has 106 valence electrons. The maximum atomic E-state index is 12.2. The van der Waals surface area contributed by atoms with E-state index in [9.17, 15) is 8.42 Å². The molecule has 0 aromatic heterocycles. The SMILES string of the molecule is O=S(=O)(Nc1ccc(Cl)cc1)N1CCCC(CO)C1. The van der Waals surface area contributed by atoms with Crippen LogP contribution in [0.25, 0.3) is 0 Å². The Kier molecular flexibility index (Phi) is 4.67. The Bertz CT molecular complexity index is 518. The molecule has 1 aliphatic heterocycles. The molecular weight excluding hydrogens is 288 g/mol. The smallest absolute Gasteiger partial charge is 0.301 e. The molecule has 0 spiro atoms. The highest BCUT2D eigenvalue weighted by atomic mass is 35.5. The van der Waals surface area contributed by atoms with Gasteiger partial charge < -0.3 is 5.11 Å². The lowest BCUT2D eigenvalue weighted by Crippen LogP contribution is -2.43. The summed E-state index contributed by atoms with van der Waals surface area (Å²) in [6.07, 6.45) is 1.64. The molecule has 1 aromatic carbocycles. The summed E-state index contributed by atoms with van der Waals surface area (Å²) in [6.45, 7) is 0.867. The van der Waals surface area contributed by atoms with Crippen molar-refractivity contribution in [3.05, 3.63) is 29.3 Å². The Morgan fingerprint density at radius 2 is 2.05 bits per heavy atom. The van der Waals surface area contributed by atoms with Crippen LogP contribution in [-0.4, -0.2) is 37.5 Å². The molecule has 1 aliphatic rings. The molecular formula is C12H17ClN2O3S. The van der Waals surface area contributed by atoms with Gasteiger partial charge in [0.2, 0.25) is 0 Å². The predicted molar refractivity (Wildman–Crippen MR) is 75.4 cm³/mol. The maximum Gasteiger partial charge on any atom is 0.301 e. The van der Waals surface area contributed by atoms with Crippen LogP contribution in [0.4, 0.5) is 5.69 Å². The van der Waals surface area contributed by atoms with E-state index in [-0.39, 0.29) is 12.5 Å². The molecule has 1 unspecified atom stereocenters. The molecule has 2 rings (SSSR count). The van der Waals surface area contributed by atoms with Crippen LogP contribution in [-0.2, 0) is 10.2 Å². The van der Waals surface area contributed by atoms with Gasteiger partial charge in [-0.2, -0.15) is 12.7 Å². The maximum absolute atomic E-state index is 12.2. The Balaban J connectivity index is 2.07. The molecule has 1 atom stereocenters. The first-order valence-electron chi connectivity index (χ1n) is 6.15. The second-order valence-corrected chi connectivity index (χ2v) is 6.77. The average molecular weight is 305 g/mol. The van der Waals surface area contributed by atoms with E-state index in [2.05, 4.69) is 4.72 Å². The quantitative estimate of drug-likeness (QED) is 0.889. The van der Waals surface area contributed by atoms with E-state index in [1.54, 1.807) is 24.3 Å². The van der Waals surface area contributed by atoms with Crippen LogP contribution >= 0.6 is 11.6 Å². The van der Waals surface area contributed by atoms with Crippen molar-refractivity contribution < 1.29 is 13.5 Å². The highest BCUT2D eigenvalue weighted by molar-refractivity contribution is 7.90. The third kappa shape index (κ3) is 3.82.